The van der Waals surface area contributed by atoms with E-state index in [0.717, 1.165) is 30.7 Å². The summed E-state index contributed by atoms with van der Waals surface area (Å²) in [7, 11) is -3.67. The number of rotatable bonds is 9. The maximum absolute atomic E-state index is 13.5. The van der Waals surface area contributed by atoms with Crippen molar-refractivity contribution in [1.29, 1.82) is 0 Å². The molecule has 250 valence electrons. The van der Waals surface area contributed by atoms with Crippen molar-refractivity contribution in [1.82, 2.24) is 15.5 Å². The van der Waals surface area contributed by atoms with Gasteiger partial charge in [0.2, 0.25) is 5.91 Å². The van der Waals surface area contributed by atoms with Gasteiger partial charge in [0, 0.05) is 40.4 Å². The number of hydrogen-bond donors (Lipinski definition) is 5. The summed E-state index contributed by atoms with van der Waals surface area (Å²) in [5.41, 5.74) is 0.543. The number of benzene rings is 2. The van der Waals surface area contributed by atoms with E-state index in [9.17, 15) is 28.2 Å². The molecule has 5 N–H and O–H groups in total. The quantitative estimate of drug-likeness (QED) is 0.196. The lowest BCUT2D eigenvalue weighted by Gasteiger charge is -2.47. The van der Waals surface area contributed by atoms with Gasteiger partial charge in [-0.25, -0.2) is 0 Å². The van der Waals surface area contributed by atoms with Crippen LogP contribution in [0.4, 0.5) is 0 Å². The van der Waals surface area contributed by atoms with Gasteiger partial charge in [-0.15, -0.1) is 11.8 Å². The number of phenolic OH excluding ortho intramolecular Hbond substituents is 1. The van der Waals surface area contributed by atoms with E-state index in [-0.39, 0.29) is 29.1 Å². The Morgan fingerprint density at radius 2 is 1.67 bits per heavy atom. The summed E-state index contributed by atoms with van der Waals surface area (Å²) in [6.07, 6.45) is 5.39. The summed E-state index contributed by atoms with van der Waals surface area (Å²) in [5, 5.41) is 28.0. The van der Waals surface area contributed by atoms with E-state index in [1.807, 2.05) is 51.1 Å². The fraction of sp³-hybridized carbons (Fsp3) is 0.576. The standard InChI is InChI=1S/C32H45N3O4S.CH4O3S/c1-21-25(15-10-16-28(21)36)30(38)33-26(20-40-24-13-6-5-7-14-24)29(37)19-35-18-23-12-9-8-11-22(23)17-27(35)31(39)34-32(2,3)4;1-5(2,3)4/h5-7,10,13-16,22-23,26-27,29,36-37H,8-9,11-12,17-20H2,1-4H3,(H,33,38)(H,34,39);1H3,(H,2,3,4)/t22-,23-,26?,27?,29?;/m1./s1. The molecule has 1 heterocycles. The minimum Gasteiger partial charge on any atom is -0.508 e. The molecule has 0 bridgehead atoms. The molecule has 4 rings (SSSR count). The van der Waals surface area contributed by atoms with Gasteiger partial charge in [-0.3, -0.25) is 19.0 Å². The van der Waals surface area contributed by atoms with Crippen LogP contribution in [0, 0.1) is 18.8 Å². The van der Waals surface area contributed by atoms with E-state index in [0.29, 0.717) is 41.5 Å². The lowest BCUT2D eigenvalue weighted by molar-refractivity contribution is -0.132. The van der Waals surface area contributed by atoms with Gasteiger partial charge in [0.05, 0.1) is 24.4 Å². The third-order valence-corrected chi connectivity index (χ3v) is 9.36. The Labute approximate surface area is 272 Å². The Bertz CT molecular complexity index is 1370. The number of carbonyl (C=O) groups is 2. The molecule has 3 unspecified atom stereocenters. The zero-order valence-electron chi connectivity index (χ0n) is 26.9. The highest BCUT2D eigenvalue weighted by Gasteiger charge is 2.41. The molecule has 10 nitrogen and oxygen atoms in total. The Kier molecular flexibility index (Phi) is 13.3. The summed E-state index contributed by atoms with van der Waals surface area (Å²) in [5.74, 6) is 1.27. The summed E-state index contributed by atoms with van der Waals surface area (Å²) >= 11 is 1.57. The zero-order valence-corrected chi connectivity index (χ0v) is 28.5. The van der Waals surface area contributed by atoms with Crippen molar-refractivity contribution in [3.05, 3.63) is 59.7 Å². The summed E-state index contributed by atoms with van der Waals surface area (Å²) in [6, 6.07) is 13.9. The van der Waals surface area contributed by atoms with Gasteiger partial charge >= 0.3 is 0 Å². The highest BCUT2D eigenvalue weighted by Crippen LogP contribution is 2.39. The highest BCUT2D eigenvalue weighted by atomic mass is 32.2. The molecule has 45 heavy (non-hydrogen) atoms. The van der Waals surface area contributed by atoms with Crippen molar-refractivity contribution < 1.29 is 32.8 Å². The molecule has 0 aromatic heterocycles. The van der Waals surface area contributed by atoms with Crippen LogP contribution in [-0.2, 0) is 14.9 Å². The van der Waals surface area contributed by atoms with E-state index >= 15 is 0 Å². The molecule has 0 spiro atoms. The number of piperidine rings is 1. The van der Waals surface area contributed by atoms with E-state index in [1.54, 1.807) is 36.9 Å². The number of thioether (sulfide) groups is 1. The Morgan fingerprint density at radius 3 is 2.29 bits per heavy atom. The predicted molar refractivity (Wildman–Crippen MR) is 178 cm³/mol. The first-order chi connectivity index (χ1) is 21.0. The second kappa shape index (κ2) is 16.3. The minimum atomic E-state index is -3.67. The monoisotopic (exact) mass is 663 g/mol. The van der Waals surface area contributed by atoms with Crippen LogP contribution >= 0.6 is 11.8 Å². The average Bonchev–Trinajstić information content (AvgIpc) is 2.95. The fourth-order valence-corrected chi connectivity index (χ4v) is 7.09. The van der Waals surface area contributed by atoms with Crippen LogP contribution in [0.2, 0.25) is 0 Å². The number of carbonyl (C=O) groups excluding carboxylic acids is 2. The Morgan fingerprint density at radius 1 is 1.04 bits per heavy atom. The number of aliphatic hydroxyl groups excluding tert-OH is 1. The molecule has 2 aliphatic rings. The molecule has 5 atom stereocenters. The number of likely N-dealkylation sites (tertiary alicyclic amines) is 1. The van der Waals surface area contributed by atoms with E-state index < -0.39 is 22.3 Å². The van der Waals surface area contributed by atoms with Crippen LogP contribution in [0.15, 0.2) is 53.4 Å². The third kappa shape index (κ3) is 12.2. The first kappa shape index (κ1) is 36.8. The lowest BCUT2D eigenvalue weighted by atomic mass is 9.72. The normalized spacial score (nSPS) is 21.8. The van der Waals surface area contributed by atoms with Gasteiger partial charge in [0.1, 0.15) is 5.75 Å². The number of aromatic hydroxyl groups is 1. The van der Waals surface area contributed by atoms with Gasteiger partial charge in [-0.05, 0) is 76.6 Å². The molecule has 1 saturated heterocycles. The third-order valence-electron chi connectivity index (χ3n) is 8.23. The molecular weight excluding hydrogens is 615 g/mol. The van der Waals surface area contributed by atoms with Crippen LogP contribution in [0.25, 0.3) is 0 Å². The number of hydrogen-bond acceptors (Lipinski definition) is 8. The van der Waals surface area contributed by atoms with Crippen molar-refractivity contribution in [3.8, 4) is 5.75 Å². The molecule has 12 heteroatoms. The number of β-amino-alcohol motifs (C(OH)–C–C–N with tert-alkyl or cyclic N) is 1. The number of fused-ring (bicyclic) bond motifs is 1. The molecule has 2 amide bonds. The maximum atomic E-state index is 13.5. The molecule has 1 aliphatic carbocycles. The predicted octanol–water partition coefficient (Wildman–Crippen LogP) is 4.25. The first-order valence-corrected chi connectivity index (χ1v) is 18.3. The Balaban J connectivity index is 0.00000102. The largest absolute Gasteiger partial charge is 0.508 e. The van der Waals surface area contributed by atoms with Crippen LogP contribution in [0.3, 0.4) is 0 Å². The van der Waals surface area contributed by atoms with Crippen molar-refractivity contribution in [2.24, 2.45) is 11.8 Å². The molecule has 2 fully saturated rings. The summed E-state index contributed by atoms with van der Waals surface area (Å²) < 4.78 is 25.9. The molecule has 1 saturated carbocycles. The Hall–Kier alpha value is -2.64. The number of aliphatic hydroxyl groups is 1. The van der Waals surface area contributed by atoms with E-state index in [1.165, 1.54) is 12.8 Å². The molecule has 0 radical (unpaired) electrons. The second-order valence-electron chi connectivity index (χ2n) is 13.2. The van der Waals surface area contributed by atoms with E-state index in [2.05, 4.69) is 15.5 Å². The number of phenols is 1. The zero-order chi connectivity index (χ0) is 33.4. The first-order valence-electron chi connectivity index (χ1n) is 15.5. The smallest absolute Gasteiger partial charge is 0.261 e. The number of amides is 2. The van der Waals surface area contributed by atoms with Crippen LogP contribution in [0.1, 0.15) is 68.8 Å². The van der Waals surface area contributed by atoms with Crippen molar-refractivity contribution in [3.63, 3.8) is 0 Å². The number of nitrogens with zero attached hydrogens (tertiary/aromatic N) is 1. The van der Waals surface area contributed by atoms with Crippen molar-refractivity contribution in [2.75, 3.05) is 25.1 Å². The molecule has 2 aromatic rings. The van der Waals surface area contributed by atoms with Crippen LogP contribution in [-0.4, -0.2) is 88.7 Å². The number of nitrogens with one attached hydrogen (secondary N) is 2. The van der Waals surface area contributed by atoms with Gasteiger partial charge in [-0.2, -0.15) is 8.42 Å². The molecule has 2 aromatic carbocycles. The average molecular weight is 664 g/mol. The van der Waals surface area contributed by atoms with E-state index in [4.69, 9.17) is 4.55 Å². The summed E-state index contributed by atoms with van der Waals surface area (Å²) in [4.78, 5) is 30.0. The van der Waals surface area contributed by atoms with Crippen molar-refractivity contribution >= 4 is 33.7 Å². The lowest BCUT2D eigenvalue weighted by Crippen LogP contribution is -2.60. The second-order valence-corrected chi connectivity index (χ2v) is 15.8. The SMILES string of the molecule is CS(=O)(=O)O.Cc1c(O)cccc1C(=O)NC(CSc1ccccc1)C(O)CN1C[C@H]2CCCC[C@@H]2CC1C(=O)NC(C)(C)C. The maximum Gasteiger partial charge on any atom is 0.261 e. The van der Waals surface area contributed by atoms with Gasteiger partial charge in [0.15, 0.2) is 0 Å². The molecule has 1 aliphatic heterocycles. The van der Waals surface area contributed by atoms with Gasteiger partial charge in [0.25, 0.3) is 16.0 Å². The highest BCUT2D eigenvalue weighted by molar-refractivity contribution is 7.99. The van der Waals surface area contributed by atoms with Gasteiger partial charge < -0.3 is 20.8 Å². The van der Waals surface area contributed by atoms with Crippen LogP contribution < -0.4 is 10.6 Å². The fourth-order valence-electron chi connectivity index (χ4n) is 6.06. The van der Waals surface area contributed by atoms with Crippen molar-refractivity contribution in [2.45, 2.75) is 88.4 Å². The minimum absolute atomic E-state index is 0.0124. The topological polar surface area (TPSA) is 156 Å². The van der Waals surface area contributed by atoms with Gasteiger partial charge in [-0.1, -0.05) is 43.5 Å². The van der Waals surface area contributed by atoms with Crippen LogP contribution in [0.5, 0.6) is 5.75 Å². The molecular formula is C33H49N3O7S2. The summed E-state index contributed by atoms with van der Waals surface area (Å²) in [6.45, 7) is 8.76.